The maximum absolute atomic E-state index is 12.6. The van der Waals surface area contributed by atoms with Crippen molar-refractivity contribution in [2.24, 2.45) is 5.92 Å². The molecule has 1 aliphatic heterocycles. The monoisotopic (exact) mass is 349 g/mol. The number of hydrogen-bond acceptors (Lipinski definition) is 4. The molecule has 0 aliphatic carbocycles. The standard InChI is InChI=1S/C17H19NO3S2/c1-10(2)8-13(16(20)21)18-15(19)14(23-17(18)22)9-12-6-4-11(3)5-7-12/h4-7,9-10,13H,8H2,1-3H3,(H,20,21)/b14-9-/t13-/m0/s1. The Morgan fingerprint density at radius 2 is 1.96 bits per heavy atom. The lowest BCUT2D eigenvalue weighted by Crippen LogP contribution is -2.44. The molecule has 0 aromatic heterocycles. The van der Waals surface area contributed by atoms with E-state index in [1.54, 1.807) is 6.08 Å². The molecule has 1 fully saturated rings. The molecule has 122 valence electrons. The molecule has 1 atom stereocenters. The van der Waals surface area contributed by atoms with Gasteiger partial charge < -0.3 is 5.11 Å². The van der Waals surface area contributed by atoms with Gasteiger partial charge in [-0.15, -0.1) is 0 Å². The first kappa shape index (κ1) is 17.7. The van der Waals surface area contributed by atoms with Crippen molar-refractivity contribution in [2.45, 2.75) is 33.2 Å². The van der Waals surface area contributed by atoms with Gasteiger partial charge in [-0.1, -0.05) is 67.7 Å². The molecule has 0 bridgehead atoms. The Labute approximate surface area is 145 Å². The number of carbonyl (C=O) groups is 2. The first-order valence-corrected chi connectivity index (χ1v) is 8.58. The van der Waals surface area contributed by atoms with E-state index in [1.165, 1.54) is 4.90 Å². The molecular formula is C17H19NO3S2. The summed E-state index contributed by atoms with van der Waals surface area (Å²) in [6, 6.07) is 6.86. The van der Waals surface area contributed by atoms with Crippen LogP contribution in [0.25, 0.3) is 6.08 Å². The van der Waals surface area contributed by atoms with E-state index in [0.717, 1.165) is 22.9 Å². The average molecular weight is 349 g/mol. The van der Waals surface area contributed by atoms with Crippen LogP contribution in [0.15, 0.2) is 29.2 Å². The number of rotatable bonds is 5. The number of carbonyl (C=O) groups excluding carboxylic acids is 1. The SMILES string of the molecule is Cc1ccc(/C=C2\SC(=S)N([C@@H](CC(C)C)C(=O)O)C2=O)cc1. The second kappa shape index (κ2) is 7.27. The number of carboxylic acid groups (broad SMARTS) is 1. The maximum atomic E-state index is 12.6. The van der Waals surface area contributed by atoms with Crippen LogP contribution in [0, 0.1) is 12.8 Å². The smallest absolute Gasteiger partial charge is 0.326 e. The van der Waals surface area contributed by atoms with E-state index in [2.05, 4.69) is 0 Å². The number of aryl methyl sites for hydroxylation is 1. The highest BCUT2D eigenvalue weighted by atomic mass is 32.2. The van der Waals surface area contributed by atoms with Gasteiger partial charge in [-0.2, -0.15) is 0 Å². The van der Waals surface area contributed by atoms with Crippen LogP contribution in [-0.2, 0) is 9.59 Å². The molecule has 1 aromatic rings. The summed E-state index contributed by atoms with van der Waals surface area (Å²) in [6.07, 6.45) is 2.13. The number of benzene rings is 1. The quantitative estimate of drug-likeness (QED) is 0.649. The second-order valence-corrected chi connectivity index (χ2v) is 7.62. The van der Waals surface area contributed by atoms with Crippen LogP contribution >= 0.6 is 24.0 Å². The molecule has 1 aromatic carbocycles. The van der Waals surface area contributed by atoms with Crippen molar-refractivity contribution < 1.29 is 14.7 Å². The molecule has 6 heteroatoms. The highest BCUT2D eigenvalue weighted by Crippen LogP contribution is 2.35. The number of nitrogens with zero attached hydrogens (tertiary/aromatic N) is 1. The Balaban J connectivity index is 2.28. The van der Waals surface area contributed by atoms with E-state index < -0.39 is 12.0 Å². The van der Waals surface area contributed by atoms with Crippen LogP contribution in [0.2, 0.25) is 0 Å². The van der Waals surface area contributed by atoms with E-state index in [0.29, 0.717) is 15.6 Å². The zero-order chi connectivity index (χ0) is 17.1. The Morgan fingerprint density at radius 3 is 2.48 bits per heavy atom. The Bertz CT molecular complexity index is 665. The van der Waals surface area contributed by atoms with Crippen LogP contribution in [-0.4, -0.2) is 32.2 Å². The fourth-order valence-electron chi connectivity index (χ4n) is 2.33. The van der Waals surface area contributed by atoms with Gasteiger partial charge in [0.25, 0.3) is 5.91 Å². The number of aliphatic carboxylic acids is 1. The van der Waals surface area contributed by atoms with Gasteiger partial charge in [0.2, 0.25) is 0 Å². The molecule has 0 unspecified atom stereocenters. The van der Waals surface area contributed by atoms with Crippen molar-refractivity contribution in [3.63, 3.8) is 0 Å². The third kappa shape index (κ3) is 4.20. The summed E-state index contributed by atoms with van der Waals surface area (Å²) < 4.78 is 0.307. The van der Waals surface area contributed by atoms with Crippen LogP contribution < -0.4 is 0 Å². The summed E-state index contributed by atoms with van der Waals surface area (Å²) in [6.45, 7) is 5.85. The third-order valence-electron chi connectivity index (χ3n) is 3.49. The highest BCUT2D eigenvalue weighted by molar-refractivity contribution is 8.26. The topological polar surface area (TPSA) is 57.6 Å². The molecule has 0 saturated carbocycles. The van der Waals surface area contributed by atoms with Gasteiger partial charge in [0.1, 0.15) is 10.4 Å². The largest absolute Gasteiger partial charge is 0.480 e. The minimum Gasteiger partial charge on any atom is -0.480 e. The third-order valence-corrected chi connectivity index (χ3v) is 4.82. The van der Waals surface area contributed by atoms with Gasteiger partial charge in [0.05, 0.1) is 4.91 Å². The molecule has 0 radical (unpaired) electrons. The molecular weight excluding hydrogens is 330 g/mol. The second-order valence-electron chi connectivity index (χ2n) is 5.95. The maximum Gasteiger partial charge on any atom is 0.326 e. The van der Waals surface area contributed by atoms with Crippen LogP contribution in [0.3, 0.4) is 0 Å². The zero-order valence-corrected chi connectivity index (χ0v) is 14.9. The molecule has 4 nitrogen and oxygen atoms in total. The van der Waals surface area contributed by atoms with E-state index >= 15 is 0 Å². The lowest BCUT2D eigenvalue weighted by Gasteiger charge is -2.24. The van der Waals surface area contributed by atoms with Gasteiger partial charge in [-0.3, -0.25) is 9.69 Å². The van der Waals surface area contributed by atoms with Crippen LogP contribution in [0.4, 0.5) is 0 Å². The van der Waals surface area contributed by atoms with Crippen LogP contribution in [0.1, 0.15) is 31.4 Å². The normalized spacial score (nSPS) is 18.1. The van der Waals surface area contributed by atoms with E-state index in [9.17, 15) is 14.7 Å². The first-order valence-electron chi connectivity index (χ1n) is 7.36. The van der Waals surface area contributed by atoms with Gasteiger partial charge >= 0.3 is 5.97 Å². The predicted octanol–water partition coefficient (Wildman–Crippen LogP) is 3.70. The zero-order valence-electron chi connectivity index (χ0n) is 13.3. The number of hydrogen-bond donors (Lipinski definition) is 1. The molecule has 1 amide bonds. The van der Waals surface area contributed by atoms with Gasteiger partial charge in [-0.25, -0.2) is 4.79 Å². The predicted molar refractivity (Wildman–Crippen MR) is 97.1 cm³/mol. The summed E-state index contributed by atoms with van der Waals surface area (Å²) in [4.78, 5) is 25.8. The molecule has 23 heavy (non-hydrogen) atoms. The fourth-order valence-corrected chi connectivity index (χ4v) is 3.68. The minimum absolute atomic E-state index is 0.154. The molecule has 1 saturated heterocycles. The van der Waals surface area contributed by atoms with Crippen LogP contribution in [0.5, 0.6) is 0 Å². The van der Waals surface area contributed by atoms with Gasteiger partial charge in [0, 0.05) is 0 Å². The molecule has 1 heterocycles. The first-order chi connectivity index (χ1) is 10.8. The number of carboxylic acids is 1. The van der Waals surface area contributed by atoms with Crippen molar-refractivity contribution in [2.75, 3.05) is 0 Å². The lowest BCUT2D eigenvalue weighted by atomic mass is 10.0. The fraction of sp³-hybridized carbons (Fsp3) is 0.353. The molecule has 1 N–H and O–H groups in total. The van der Waals surface area contributed by atoms with Crippen molar-refractivity contribution in [1.82, 2.24) is 4.90 Å². The van der Waals surface area contributed by atoms with Gasteiger partial charge in [0.15, 0.2) is 0 Å². The summed E-state index contributed by atoms with van der Waals surface area (Å²) in [5.74, 6) is -1.19. The molecule has 0 spiro atoms. The van der Waals surface area contributed by atoms with Crippen molar-refractivity contribution in [1.29, 1.82) is 0 Å². The number of amides is 1. The van der Waals surface area contributed by atoms with Crippen molar-refractivity contribution in [3.8, 4) is 0 Å². The Morgan fingerprint density at radius 1 is 1.35 bits per heavy atom. The highest BCUT2D eigenvalue weighted by Gasteiger charge is 2.40. The van der Waals surface area contributed by atoms with E-state index in [-0.39, 0.29) is 11.8 Å². The van der Waals surface area contributed by atoms with Crippen molar-refractivity contribution >= 4 is 46.3 Å². The van der Waals surface area contributed by atoms with E-state index in [4.69, 9.17) is 12.2 Å². The number of thioether (sulfide) groups is 1. The summed E-state index contributed by atoms with van der Waals surface area (Å²) in [5.41, 5.74) is 2.03. The molecule has 1 aliphatic rings. The number of thiocarbonyl (C=S) groups is 1. The van der Waals surface area contributed by atoms with Crippen molar-refractivity contribution in [3.05, 3.63) is 40.3 Å². The summed E-state index contributed by atoms with van der Waals surface area (Å²) >= 11 is 6.40. The van der Waals surface area contributed by atoms with Gasteiger partial charge in [-0.05, 0) is 30.9 Å². The summed E-state index contributed by atoms with van der Waals surface area (Å²) in [5, 5.41) is 9.44. The van der Waals surface area contributed by atoms with E-state index in [1.807, 2.05) is 45.0 Å². The average Bonchev–Trinajstić information content (AvgIpc) is 2.73. The Hall–Kier alpha value is -1.66. The lowest BCUT2D eigenvalue weighted by molar-refractivity contribution is -0.145. The molecule has 2 rings (SSSR count). The summed E-state index contributed by atoms with van der Waals surface area (Å²) in [7, 11) is 0. The minimum atomic E-state index is -1.02. The Kier molecular flexibility index (Phi) is 5.59.